The van der Waals surface area contributed by atoms with E-state index in [1.165, 1.54) is 0 Å². The van der Waals surface area contributed by atoms with E-state index in [9.17, 15) is 4.21 Å². The van der Waals surface area contributed by atoms with Crippen LogP contribution in [0.5, 0.6) is 17.2 Å². The lowest BCUT2D eigenvalue weighted by Gasteiger charge is -2.01. The van der Waals surface area contributed by atoms with Gasteiger partial charge in [0, 0.05) is 12.1 Å². The molecule has 0 fully saturated rings. The Hall–Kier alpha value is -1.27. The summed E-state index contributed by atoms with van der Waals surface area (Å²) in [6, 6.07) is 1.79. The molecule has 0 spiro atoms. The van der Waals surface area contributed by atoms with Crippen molar-refractivity contribution in [2.75, 3.05) is 0 Å². The van der Waals surface area contributed by atoms with E-state index in [-0.39, 0.29) is 4.90 Å². The molecule has 0 saturated carbocycles. The second-order valence-corrected chi connectivity index (χ2v) is 3.03. The Labute approximate surface area is 70.2 Å². The second kappa shape index (κ2) is 3.00. The third-order valence-electron chi connectivity index (χ3n) is 1.24. The molecule has 1 aromatic rings. The molecule has 1 atom stereocenters. The van der Waals surface area contributed by atoms with Crippen LogP contribution in [0.3, 0.4) is 0 Å². The van der Waals surface area contributed by atoms with Gasteiger partial charge >= 0.3 is 0 Å². The molecule has 6 heteroatoms. The fourth-order valence-electron chi connectivity index (χ4n) is 0.680. The van der Waals surface area contributed by atoms with Crippen LogP contribution in [0.25, 0.3) is 0 Å². The summed E-state index contributed by atoms with van der Waals surface area (Å²) >= 11 is -2.29. The summed E-state index contributed by atoms with van der Waals surface area (Å²) in [6.07, 6.45) is 0. The smallest absolute Gasteiger partial charge is 0.200 e. The van der Waals surface area contributed by atoms with Gasteiger partial charge in [-0.2, -0.15) is 0 Å². The first-order valence-electron chi connectivity index (χ1n) is 2.88. The average molecular weight is 190 g/mol. The number of phenols is 3. The van der Waals surface area contributed by atoms with Gasteiger partial charge in [-0.3, -0.25) is 0 Å². The first kappa shape index (κ1) is 8.82. The normalized spacial score (nSPS) is 12.8. The van der Waals surface area contributed by atoms with Gasteiger partial charge in [0.15, 0.2) is 28.3 Å². The summed E-state index contributed by atoms with van der Waals surface area (Å²) in [5.74, 6) is -1.97. The predicted molar refractivity (Wildman–Crippen MR) is 40.5 cm³/mol. The van der Waals surface area contributed by atoms with Crippen molar-refractivity contribution < 1.29 is 24.1 Å². The number of hydrogen-bond acceptors (Lipinski definition) is 4. The van der Waals surface area contributed by atoms with Gasteiger partial charge in [0.25, 0.3) is 0 Å². The van der Waals surface area contributed by atoms with Crippen LogP contribution in [-0.4, -0.2) is 24.1 Å². The average Bonchev–Trinajstić information content (AvgIpc) is 1.99. The van der Waals surface area contributed by atoms with Gasteiger partial charge in [-0.25, -0.2) is 4.21 Å². The maximum Gasteiger partial charge on any atom is 0.200 e. The highest BCUT2D eigenvalue weighted by atomic mass is 32.2. The standard InChI is InChI=1S/C6H6O5S/c7-4-1-3(12(10)11)2-5(8)6(4)9/h1-2,7-9H,(H,10,11). The van der Waals surface area contributed by atoms with Crippen molar-refractivity contribution >= 4 is 11.1 Å². The summed E-state index contributed by atoms with van der Waals surface area (Å²) in [5, 5.41) is 26.6. The molecule has 1 aromatic carbocycles. The van der Waals surface area contributed by atoms with Crippen LogP contribution in [0.4, 0.5) is 0 Å². The lowest BCUT2D eigenvalue weighted by Crippen LogP contribution is -1.87. The van der Waals surface area contributed by atoms with Crippen LogP contribution >= 0.6 is 0 Å². The zero-order valence-corrected chi connectivity index (χ0v) is 6.58. The maximum absolute atomic E-state index is 10.4. The SMILES string of the molecule is O=S(O)c1cc(O)c(O)c(O)c1. The molecule has 0 radical (unpaired) electrons. The minimum atomic E-state index is -2.29. The molecule has 0 aliphatic rings. The van der Waals surface area contributed by atoms with Crippen molar-refractivity contribution in [2.24, 2.45) is 0 Å². The zero-order chi connectivity index (χ0) is 9.30. The van der Waals surface area contributed by atoms with Gasteiger partial charge in [-0.1, -0.05) is 0 Å². The summed E-state index contributed by atoms with van der Waals surface area (Å²) in [4.78, 5) is -0.178. The third kappa shape index (κ3) is 1.49. The van der Waals surface area contributed by atoms with Crippen LogP contribution < -0.4 is 0 Å². The van der Waals surface area contributed by atoms with Gasteiger partial charge in [0.1, 0.15) is 0 Å². The third-order valence-corrected chi connectivity index (χ3v) is 1.88. The first-order chi connectivity index (χ1) is 5.52. The Kier molecular flexibility index (Phi) is 2.20. The molecule has 4 N–H and O–H groups in total. The maximum atomic E-state index is 10.4. The van der Waals surface area contributed by atoms with Gasteiger partial charge in [-0.15, -0.1) is 0 Å². The Balaban J connectivity index is 3.31. The molecule has 0 saturated heterocycles. The van der Waals surface area contributed by atoms with Crippen LogP contribution in [0, 0.1) is 0 Å². The molecule has 5 nitrogen and oxygen atoms in total. The van der Waals surface area contributed by atoms with Crippen LogP contribution in [-0.2, 0) is 11.1 Å². The largest absolute Gasteiger partial charge is 0.504 e. The minimum absolute atomic E-state index is 0.178. The summed E-state index contributed by atoms with van der Waals surface area (Å²) in [5.41, 5.74) is 0. The fraction of sp³-hybridized carbons (Fsp3) is 0. The Morgan fingerprint density at radius 3 is 1.83 bits per heavy atom. The van der Waals surface area contributed by atoms with E-state index in [2.05, 4.69) is 0 Å². The van der Waals surface area contributed by atoms with Crippen LogP contribution in [0.1, 0.15) is 0 Å². The number of hydrogen-bond donors (Lipinski definition) is 4. The summed E-state index contributed by atoms with van der Waals surface area (Å²) in [6.45, 7) is 0. The van der Waals surface area contributed by atoms with E-state index in [0.717, 1.165) is 12.1 Å². The van der Waals surface area contributed by atoms with Crippen LogP contribution in [0.15, 0.2) is 17.0 Å². The highest BCUT2D eigenvalue weighted by Crippen LogP contribution is 2.35. The van der Waals surface area contributed by atoms with E-state index in [0.29, 0.717) is 0 Å². The van der Waals surface area contributed by atoms with E-state index < -0.39 is 28.3 Å². The topological polar surface area (TPSA) is 98.0 Å². The second-order valence-electron chi connectivity index (χ2n) is 2.06. The fourth-order valence-corrected chi connectivity index (χ4v) is 1.10. The monoisotopic (exact) mass is 190 g/mol. The molecule has 0 aliphatic carbocycles. The van der Waals surface area contributed by atoms with Gasteiger partial charge < -0.3 is 19.9 Å². The highest BCUT2D eigenvalue weighted by molar-refractivity contribution is 7.79. The van der Waals surface area contributed by atoms with Gasteiger partial charge in [0.05, 0.1) is 4.90 Å². The quantitative estimate of drug-likeness (QED) is 0.379. The number of rotatable bonds is 1. The van der Waals surface area contributed by atoms with Gasteiger partial charge in [0.2, 0.25) is 0 Å². The van der Waals surface area contributed by atoms with E-state index in [4.69, 9.17) is 19.9 Å². The molecule has 12 heavy (non-hydrogen) atoms. The summed E-state index contributed by atoms with van der Waals surface area (Å²) < 4.78 is 19.0. The molecule has 1 rings (SSSR count). The molecule has 0 heterocycles. The molecule has 0 aromatic heterocycles. The van der Waals surface area contributed by atoms with Crippen molar-refractivity contribution in [3.05, 3.63) is 12.1 Å². The van der Waals surface area contributed by atoms with Crippen molar-refractivity contribution in [1.29, 1.82) is 0 Å². The Morgan fingerprint density at radius 1 is 1.08 bits per heavy atom. The van der Waals surface area contributed by atoms with Crippen molar-refractivity contribution in [1.82, 2.24) is 0 Å². The molecule has 1 unspecified atom stereocenters. The molecular weight excluding hydrogens is 184 g/mol. The molecule has 0 aliphatic heterocycles. The Morgan fingerprint density at radius 2 is 1.50 bits per heavy atom. The number of phenolic OH excluding ortho intramolecular Hbond substituents is 3. The molecule has 0 amide bonds. The zero-order valence-electron chi connectivity index (χ0n) is 5.76. The lowest BCUT2D eigenvalue weighted by molar-refractivity contribution is 0.365. The molecule has 0 bridgehead atoms. The van der Waals surface area contributed by atoms with Crippen molar-refractivity contribution in [3.63, 3.8) is 0 Å². The lowest BCUT2D eigenvalue weighted by atomic mass is 10.3. The highest BCUT2D eigenvalue weighted by Gasteiger charge is 2.10. The first-order valence-corrected chi connectivity index (χ1v) is 3.99. The predicted octanol–water partition coefficient (Wildman–Crippen LogP) is 0.384. The minimum Gasteiger partial charge on any atom is -0.504 e. The van der Waals surface area contributed by atoms with Crippen molar-refractivity contribution in [3.8, 4) is 17.2 Å². The summed E-state index contributed by atoms with van der Waals surface area (Å²) in [7, 11) is 0. The van der Waals surface area contributed by atoms with E-state index >= 15 is 0 Å². The molecular formula is C6H6O5S. The van der Waals surface area contributed by atoms with Crippen molar-refractivity contribution in [2.45, 2.75) is 4.90 Å². The molecule has 66 valence electrons. The van der Waals surface area contributed by atoms with Gasteiger partial charge in [-0.05, 0) is 0 Å². The number of aromatic hydroxyl groups is 3. The van der Waals surface area contributed by atoms with E-state index in [1.807, 2.05) is 0 Å². The number of benzene rings is 1. The van der Waals surface area contributed by atoms with E-state index in [1.54, 1.807) is 0 Å². The Bertz CT molecular complexity index is 312. The van der Waals surface area contributed by atoms with Crippen LogP contribution in [0.2, 0.25) is 0 Å².